The third kappa shape index (κ3) is 4.88. The molecule has 0 atom stereocenters. The SMILES string of the molecule is O=C(C=Cc1cccc(Cl)c1Cl)NCCc1ccccn1. The van der Waals surface area contributed by atoms with Gasteiger partial charge in [0.2, 0.25) is 5.91 Å². The first-order valence-corrected chi connectivity index (χ1v) is 7.22. The van der Waals surface area contributed by atoms with E-state index in [9.17, 15) is 4.79 Å². The van der Waals surface area contributed by atoms with Gasteiger partial charge in [-0.1, -0.05) is 41.4 Å². The standard InChI is InChI=1S/C16H14Cl2N2O/c17-14-6-3-4-12(16(14)18)7-8-15(21)20-11-9-13-5-1-2-10-19-13/h1-8,10H,9,11H2,(H,20,21). The molecule has 0 radical (unpaired) electrons. The lowest BCUT2D eigenvalue weighted by Gasteiger charge is -2.02. The van der Waals surface area contributed by atoms with Crippen LogP contribution in [0.2, 0.25) is 10.0 Å². The summed E-state index contributed by atoms with van der Waals surface area (Å²) in [5.74, 6) is -0.179. The van der Waals surface area contributed by atoms with Crippen LogP contribution < -0.4 is 5.32 Å². The molecule has 5 heteroatoms. The second kappa shape index (κ2) is 7.81. The summed E-state index contributed by atoms with van der Waals surface area (Å²) in [7, 11) is 0. The van der Waals surface area contributed by atoms with E-state index in [0.717, 1.165) is 5.69 Å². The molecule has 1 heterocycles. The molecule has 0 aliphatic heterocycles. The summed E-state index contributed by atoms with van der Waals surface area (Å²) in [5, 5.41) is 3.70. The maximum Gasteiger partial charge on any atom is 0.244 e. The fourth-order valence-electron chi connectivity index (χ4n) is 1.73. The molecule has 0 saturated heterocycles. The molecule has 21 heavy (non-hydrogen) atoms. The molecule has 2 rings (SSSR count). The van der Waals surface area contributed by atoms with Crippen molar-refractivity contribution in [2.75, 3.05) is 6.54 Å². The molecule has 0 saturated carbocycles. The van der Waals surface area contributed by atoms with Gasteiger partial charge in [-0.3, -0.25) is 9.78 Å². The second-order valence-corrected chi connectivity index (χ2v) is 5.12. The van der Waals surface area contributed by atoms with E-state index in [1.807, 2.05) is 18.2 Å². The zero-order valence-electron chi connectivity index (χ0n) is 11.2. The summed E-state index contributed by atoms with van der Waals surface area (Å²) in [4.78, 5) is 15.9. The smallest absolute Gasteiger partial charge is 0.244 e. The van der Waals surface area contributed by atoms with Crippen LogP contribution in [0.15, 0.2) is 48.7 Å². The van der Waals surface area contributed by atoms with E-state index in [-0.39, 0.29) is 5.91 Å². The Morgan fingerprint density at radius 1 is 1.19 bits per heavy atom. The largest absolute Gasteiger partial charge is 0.352 e. The average molecular weight is 321 g/mol. The minimum atomic E-state index is -0.179. The summed E-state index contributed by atoms with van der Waals surface area (Å²) in [5.41, 5.74) is 1.66. The normalized spacial score (nSPS) is 10.8. The number of amides is 1. The van der Waals surface area contributed by atoms with Crippen LogP contribution in [0.5, 0.6) is 0 Å². The van der Waals surface area contributed by atoms with Gasteiger partial charge in [-0.15, -0.1) is 0 Å². The highest BCUT2D eigenvalue weighted by molar-refractivity contribution is 6.42. The molecule has 0 spiro atoms. The Kier molecular flexibility index (Phi) is 5.78. The highest BCUT2D eigenvalue weighted by Gasteiger charge is 2.02. The zero-order chi connectivity index (χ0) is 15.1. The van der Waals surface area contributed by atoms with Crippen LogP contribution in [0.4, 0.5) is 0 Å². The van der Waals surface area contributed by atoms with Crippen LogP contribution in [0, 0.1) is 0 Å². The zero-order valence-corrected chi connectivity index (χ0v) is 12.7. The third-order valence-electron chi connectivity index (χ3n) is 2.80. The van der Waals surface area contributed by atoms with E-state index in [1.54, 1.807) is 30.5 Å². The number of benzene rings is 1. The van der Waals surface area contributed by atoms with Crippen LogP contribution >= 0.6 is 23.2 Å². The van der Waals surface area contributed by atoms with Gasteiger partial charge in [-0.05, 0) is 29.8 Å². The molecule has 0 aliphatic carbocycles. The Bertz CT molecular complexity index is 642. The Hall–Kier alpha value is -1.84. The maximum atomic E-state index is 11.7. The number of nitrogens with zero attached hydrogens (tertiary/aromatic N) is 1. The summed E-state index contributed by atoms with van der Waals surface area (Å²) in [6, 6.07) is 11.0. The van der Waals surface area contributed by atoms with Gasteiger partial charge in [0.25, 0.3) is 0 Å². The molecular weight excluding hydrogens is 307 g/mol. The van der Waals surface area contributed by atoms with Gasteiger partial charge in [0.05, 0.1) is 10.0 Å². The van der Waals surface area contributed by atoms with Crippen LogP contribution in [-0.2, 0) is 11.2 Å². The van der Waals surface area contributed by atoms with Crippen LogP contribution in [0.3, 0.4) is 0 Å². The second-order valence-electron chi connectivity index (χ2n) is 4.34. The number of halogens is 2. The first kappa shape index (κ1) is 15.5. The molecule has 0 unspecified atom stereocenters. The van der Waals surface area contributed by atoms with Crippen molar-refractivity contribution in [3.63, 3.8) is 0 Å². The first-order chi connectivity index (χ1) is 10.2. The van der Waals surface area contributed by atoms with Crippen molar-refractivity contribution < 1.29 is 4.79 Å². The van der Waals surface area contributed by atoms with E-state index in [2.05, 4.69) is 10.3 Å². The fraction of sp³-hybridized carbons (Fsp3) is 0.125. The summed E-state index contributed by atoms with van der Waals surface area (Å²) < 4.78 is 0. The van der Waals surface area contributed by atoms with Crippen molar-refractivity contribution in [1.82, 2.24) is 10.3 Å². The maximum absolute atomic E-state index is 11.7. The van der Waals surface area contributed by atoms with Crippen molar-refractivity contribution in [3.8, 4) is 0 Å². The average Bonchev–Trinajstić information content (AvgIpc) is 2.50. The topological polar surface area (TPSA) is 42.0 Å². The molecule has 1 aromatic heterocycles. The van der Waals surface area contributed by atoms with E-state index in [0.29, 0.717) is 28.6 Å². The van der Waals surface area contributed by atoms with Crippen molar-refractivity contribution in [1.29, 1.82) is 0 Å². The van der Waals surface area contributed by atoms with Gasteiger partial charge in [-0.2, -0.15) is 0 Å². The van der Waals surface area contributed by atoms with Crippen LogP contribution in [0.1, 0.15) is 11.3 Å². The number of nitrogens with one attached hydrogen (secondary N) is 1. The van der Waals surface area contributed by atoms with Crippen molar-refractivity contribution in [3.05, 3.63) is 70.0 Å². The first-order valence-electron chi connectivity index (χ1n) is 6.46. The predicted molar refractivity (Wildman–Crippen MR) is 86.4 cm³/mol. The molecule has 0 bridgehead atoms. The lowest BCUT2D eigenvalue weighted by atomic mass is 10.2. The number of hydrogen-bond acceptors (Lipinski definition) is 2. The van der Waals surface area contributed by atoms with Crippen molar-refractivity contribution >= 4 is 35.2 Å². The highest BCUT2D eigenvalue weighted by Crippen LogP contribution is 2.26. The number of carbonyl (C=O) groups excluding carboxylic acids is 1. The molecule has 3 nitrogen and oxygen atoms in total. The quantitative estimate of drug-likeness (QED) is 0.852. The van der Waals surface area contributed by atoms with Gasteiger partial charge in [0, 0.05) is 30.9 Å². The van der Waals surface area contributed by atoms with E-state index in [4.69, 9.17) is 23.2 Å². The molecule has 108 valence electrons. The molecule has 0 aliphatic rings. The Morgan fingerprint density at radius 3 is 2.81 bits per heavy atom. The van der Waals surface area contributed by atoms with Gasteiger partial charge < -0.3 is 5.32 Å². The molecule has 0 fully saturated rings. The molecule has 1 aromatic carbocycles. The summed E-state index contributed by atoms with van der Waals surface area (Å²) in [6.45, 7) is 0.531. The predicted octanol–water partition coefficient (Wildman–Crippen LogP) is 3.76. The third-order valence-corrected chi connectivity index (χ3v) is 3.64. The lowest BCUT2D eigenvalue weighted by Crippen LogP contribution is -2.23. The Labute approximate surface area is 133 Å². The number of carbonyl (C=O) groups is 1. The molecule has 2 aromatic rings. The monoisotopic (exact) mass is 320 g/mol. The van der Waals surface area contributed by atoms with Gasteiger partial charge >= 0.3 is 0 Å². The van der Waals surface area contributed by atoms with Crippen LogP contribution in [0.25, 0.3) is 6.08 Å². The number of aromatic nitrogens is 1. The summed E-state index contributed by atoms with van der Waals surface area (Å²) >= 11 is 11.9. The van der Waals surface area contributed by atoms with Gasteiger partial charge in [-0.25, -0.2) is 0 Å². The van der Waals surface area contributed by atoms with Crippen molar-refractivity contribution in [2.24, 2.45) is 0 Å². The van der Waals surface area contributed by atoms with Crippen LogP contribution in [-0.4, -0.2) is 17.4 Å². The minimum Gasteiger partial charge on any atom is -0.352 e. The van der Waals surface area contributed by atoms with Gasteiger partial charge in [0.15, 0.2) is 0 Å². The number of pyridine rings is 1. The number of rotatable bonds is 5. The van der Waals surface area contributed by atoms with E-state index >= 15 is 0 Å². The Morgan fingerprint density at radius 2 is 2.05 bits per heavy atom. The summed E-state index contributed by atoms with van der Waals surface area (Å²) in [6.07, 6.45) is 5.51. The fourth-order valence-corrected chi connectivity index (χ4v) is 2.10. The number of hydrogen-bond donors (Lipinski definition) is 1. The lowest BCUT2D eigenvalue weighted by molar-refractivity contribution is -0.116. The van der Waals surface area contributed by atoms with Crippen molar-refractivity contribution in [2.45, 2.75) is 6.42 Å². The van der Waals surface area contributed by atoms with Gasteiger partial charge in [0.1, 0.15) is 0 Å². The highest BCUT2D eigenvalue weighted by atomic mass is 35.5. The molecule has 1 amide bonds. The minimum absolute atomic E-state index is 0.179. The molecule has 1 N–H and O–H groups in total. The Balaban J connectivity index is 1.84. The van der Waals surface area contributed by atoms with E-state index in [1.165, 1.54) is 6.08 Å². The van der Waals surface area contributed by atoms with E-state index < -0.39 is 0 Å². The molecular formula is C16H14Cl2N2O.